The van der Waals surface area contributed by atoms with Gasteiger partial charge in [0.15, 0.2) is 5.96 Å². The number of aliphatic imine (C=N–C) groups is 1. The number of ether oxygens (including phenoxy) is 2. The SMILES string of the molecule is CN=C(NCCc1ccc(C)c(OC)c1)NCc1ccc(OC)cc1.I. The molecule has 2 N–H and O–H groups in total. The zero-order chi connectivity index (χ0) is 18.1. The van der Waals surface area contributed by atoms with Crippen LogP contribution in [0.5, 0.6) is 11.5 Å². The zero-order valence-electron chi connectivity index (χ0n) is 15.8. The number of rotatable bonds is 7. The molecule has 2 aromatic rings. The second kappa shape index (κ2) is 11.6. The number of guanidine groups is 1. The first kappa shape index (κ1) is 22.1. The van der Waals surface area contributed by atoms with Crippen LogP contribution in [-0.4, -0.2) is 33.8 Å². The van der Waals surface area contributed by atoms with Gasteiger partial charge in [-0.25, -0.2) is 0 Å². The average Bonchev–Trinajstić information content (AvgIpc) is 2.66. The van der Waals surface area contributed by atoms with E-state index in [0.717, 1.165) is 36.0 Å². The summed E-state index contributed by atoms with van der Waals surface area (Å²) in [6.07, 6.45) is 0.903. The topological polar surface area (TPSA) is 54.9 Å². The predicted molar refractivity (Wildman–Crippen MR) is 118 cm³/mol. The highest BCUT2D eigenvalue weighted by atomic mass is 127. The smallest absolute Gasteiger partial charge is 0.191 e. The third kappa shape index (κ3) is 6.74. The molecule has 0 spiro atoms. The summed E-state index contributed by atoms with van der Waals surface area (Å²) in [7, 11) is 5.15. The van der Waals surface area contributed by atoms with Crippen molar-refractivity contribution < 1.29 is 9.47 Å². The molecule has 0 aromatic heterocycles. The van der Waals surface area contributed by atoms with Crippen molar-refractivity contribution in [3.8, 4) is 11.5 Å². The largest absolute Gasteiger partial charge is 0.497 e. The molecule has 2 aromatic carbocycles. The highest BCUT2D eigenvalue weighted by Crippen LogP contribution is 2.19. The van der Waals surface area contributed by atoms with Crippen molar-refractivity contribution >= 4 is 29.9 Å². The molecule has 0 amide bonds. The van der Waals surface area contributed by atoms with Gasteiger partial charge in [0.1, 0.15) is 11.5 Å². The Kier molecular flexibility index (Phi) is 9.87. The number of nitrogens with one attached hydrogen (secondary N) is 2. The van der Waals surface area contributed by atoms with Crippen LogP contribution in [0.25, 0.3) is 0 Å². The first-order valence-electron chi connectivity index (χ1n) is 8.37. The van der Waals surface area contributed by atoms with Crippen LogP contribution in [0.2, 0.25) is 0 Å². The van der Waals surface area contributed by atoms with E-state index in [0.29, 0.717) is 6.54 Å². The normalized spacial score (nSPS) is 10.7. The van der Waals surface area contributed by atoms with Gasteiger partial charge in [-0.2, -0.15) is 0 Å². The average molecular weight is 469 g/mol. The van der Waals surface area contributed by atoms with E-state index in [1.54, 1.807) is 21.3 Å². The first-order chi connectivity index (χ1) is 12.2. The summed E-state index contributed by atoms with van der Waals surface area (Å²) < 4.78 is 10.5. The van der Waals surface area contributed by atoms with Gasteiger partial charge >= 0.3 is 0 Å². The van der Waals surface area contributed by atoms with Gasteiger partial charge in [-0.15, -0.1) is 24.0 Å². The highest BCUT2D eigenvalue weighted by Gasteiger charge is 2.02. The molecule has 6 heteroatoms. The summed E-state index contributed by atoms with van der Waals surface area (Å²) >= 11 is 0. The molecule has 0 aliphatic carbocycles. The van der Waals surface area contributed by atoms with E-state index >= 15 is 0 Å². The van der Waals surface area contributed by atoms with Crippen molar-refractivity contribution in [2.24, 2.45) is 4.99 Å². The molecule has 0 aliphatic heterocycles. The van der Waals surface area contributed by atoms with Gasteiger partial charge in [0.05, 0.1) is 14.2 Å². The summed E-state index contributed by atoms with van der Waals surface area (Å²) in [4.78, 5) is 4.26. The summed E-state index contributed by atoms with van der Waals surface area (Å²) in [6.45, 7) is 3.56. The molecule has 26 heavy (non-hydrogen) atoms. The quantitative estimate of drug-likeness (QED) is 0.370. The van der Waals surface area contributed by atoms with Crippen molar-refractivity contribution in [3.63, 3.8) is 0 Å². The number of nitrogens with zero attached hydrogens (tertiary/aromatic N) is 1. The lowest BCUT2D eigenvalue weighted by Gasteiger charge is -2.13. The van der Waals surface area contributed by atoms with Crippen LogP contribution in [0.15, 0.2) is 47.5 Å². The monoisotopic (exact) mass is 469 g/mol. The molecule has 0 fully saturated rings. The number of benzene rings is 2. The Balaban J connectivity index is 0.00000338. The van der Waals surface area contributed by atoms with E-state index in [9.17, 15) is 0 Å². The van der Waals surface area contributed by atoms with E-state index in [2.05, 4.69) is 33.8 Å². The fourth-order valence-corrected chi connectivity index (χ4v) is 2.49. The van der Waals surface area contributed by atoms with Gasteiger partial charge in [-0.3, -0.25) is 4.99 Å². The minimum Gasteiger partial charge on any atom is -0.497 e. The van der Waals surface area contributed by atoms with Gasteiger partial charge in [0.25, 0.3) is 0 Å². The molecular formula is C20H28IN3O2. The highest BCUT2D eigenvalue weighted by molar-refractivity contribution is 14.0. The lowest BCUT2D eigenvalue weighted by atomic mass is 10.1. The lowest BCUT2D eigenvalue weighted by molar-refractivity contribution is 0.411. The Labute approximate surface area is 173 Å². The van der Waals surface area contributed by atoms with Crippen molar-refractivity contribution in [1.82, 2.24) is 10.6 Å². The Bertz CT molecular complexity index is 703. The molecule has 0 radical (unpaired) electrons. The number of methoxy groups -OCH3 is 2. The van der Waals surface area contributed by atoms with E-state index in [1.165, 1.54) is 11.1 Å². The summed E-state index contributed by atoms with van der Waals surface area (Å²) in [5, 5.41) is 6.65. The van der Waals surface area contributed by atoms with Gasteiger partial charge < -0.3 is 20.1 Å². The Hall–Kier alpha value is -1.96. The fourth-order valence-electron chi connectivity index (χ4n) is 2.49. The summed E-state index contributed by atoms with van der Waals surface area (Å²) in [6, 6.07) is 14.3. The van der Waals surface area contributed by atoms with Gasteiger partial charge in [0, 0.05) is 20.1 Å². The van der Waals surface area contributed by atoms with Crippen LogP contribution in [0.4, 0.5) is 0 Å². The van der Waals surface area contributed by atoms with E-state index in [4.69, 9.17) is 9.47 Å². The Morgan fingerprint density at radius 1 is 0.962 bits per heavy atom. The lowest BCUT2D eigenvalue weighted by Crippen LogP contribution is -2.37. The maximum atomic E-state index is 5.37. The molecule has 0 unspecified atom stereocenters. The van der Waals surface area contributed by atoms with Crippen LogP contribution in [0.1, 0.15) is 16.7 Å². The molecule has 5 nitrogen and oxygen atoms in total. The minimum absolute atomic E-state index is 0. The zero-order valence-corrected chi connectivity index (χ0v) is 18.2. The molecule has 142 valence electrons. The van der Waals surface area contributed by atoms with Gasteiger partial charge in [-0.1, -0.05) is 24.3 Å². The Morgan fingerprint density at radius 3 is 2.27 bits per heavy atom. The maximum absolute atomic E-state index is 5.37. The number of hydrogen-bond acceptors (Lipinski definition) is 3. The van der Waals surface area contributed by atoms with Crippen LogP contribution in [0.3, 0.4) is 0 Å². The molecule has 0 saturated heterocycles. The van der Waals surface area contributed by atoms with Crippen LogP contribution < -0.4 is 20.1 Å². The van der Waals surface area contributed by atoms with Crippen molar-refractivity contribution in [1.29, 1.82) is 0 Å². The van der Waals surface area contributed by atoms with Crippen LogP contribution in [-0.2, 0) is 13.0 Å². The fraction of sp³-hybridized carbons (Fsp3) is 0.350. The van der Waals surface area contributed by atoms with Crippen LogP contribution in [0, 0.1) is 6.92 Å². The van der Waals surface area contributed by atoms with Crippen molar-refractivity contribution in [2.45, 2.75) is 19.9 Å². The molecular weight excluding hydrogens is 441 g/mol. The van der Waals surface area contributed by atoms with Crippen molar-refractivity contribution in [3.05, 3.63) is 59.2 Å². The van der Waals surface area contributed by atoms with E-state index < -0.39 is 0 Å². The molecule has 0 saturated carbocycles. The van der Waals surface area contributed by atoms with Gasteiger partial charge in [-0.05, 0) is 48.2 Å². The molecule has 2 rings (SSSR count). The Morgan fingerprint density at radius 2 is 1.65 bits per heavy atom. The summed E-state index contributed by atoms with van der Waals surface area (Å²) in [5.41, 5.74) is 3.56. The molecule has 0 heterocycles. The summed E-state index contributed by atoms with van der Waals surface area (Å²) in [5.74, 6) is 2.58. The number of halogens is 1. The molecule has 0 aliphatic rings. The van der Waals surface area contributed by atoms with Crippen molar-refractivity contribution in [2.75, 3.05) is 27.8 Å². The van der Waals surface area contributed by atoms with E-state index in [1.807, 2.05) is 31.2 Å². The van der Waals surface area contributed by atoms with Crippen LogP contribution >= 0.6 is 24.0 Å². The maximum Gasteiger partial charge on any atom is 0.191 e. The minimum atomic E-state index is 0. The predicted octanol–water partition coefficient (Wildman–Crippen LogP) is 3.54. The molecule has 0 atom stereocenters. The number of hydrogen-bond donors (Lipinski definition) is 2. The third-order valence-corrected chi connectivity index (χ3v) is 4.02. The second-order valence-electron chi connectivity index (χ2n) is 5.75. The first-order valence-corrected chi connectivity index (χ1v) is 8.37. The third-order valence-electron chi connectivity index (χ3n) is 4.02. The number of aryl methyl sites for hydroxylation is 1. The molecule has 0 bridgehead atoms. The van der Waals surface area contributed by atoms with Gasteiger partial charge in [0.2, 0.25) is 0 Å². The van der Waals surface area contributed by atoms with E-state index in [-0.39, 0.29) is 24.0 Å². The second-order valence-corrected chi connectivity index (χ2v) is 5.75. The standard InChI is InChI=1S/C20H27N3O2.HI/c1-15-5-6-16(13-19(15)25-4)11-12-22-20(21-2)23-14-17-7-9-18(24-3)10-8-17;/h5-10,13H,11-12,14H2,1-4H3,(H2,21,22,23);1H.